The summed E-state index contributed by atoms with van der Waals surface area (Å²) in [6, 6.07) is 0. The van der Waals surface area contributed by atoms with E-state index in [0.29, 0.717) is 11.8 Å². The molecule has 0 aromatic rings. The van der Waals surface area contributed by atoms with Gasteiger partial charge in [0.05, 0.1) is 0 Å². The summed E-state index contributed by atoms with van der Waals surface area (Å²) < 4.78 is 0. The summed E-state index contributed by atoms with van der Waals surface area (Å²) in [5.41, 5.74) is 0. The van der Waals surface area contributed by atoms with Crippen molar-refractivity contribution in [3.8, 4) is 0 Å². The quantitative estimate of drug-likeness (QED) is 0.608. The lowest BCUT2D eigenvalue weighted by Gasteiger charge is -2.10. The highest BCUT2D eigenvalue weighted by Gasteiger charge is 2.03. The molecule has 0 aliphatic rings. The highest BCUT2D eigenvalue weighted by Crippen LogP contribution is 2.10. The van der Waals surface area contributed by atoms with Gasteiger partial charge in [0.15, 0.2) is 0 Å². The average Bonchev–Trinajstić information content (AvgIpc) is 1.99. The maximum absolute atomic E-state index is 8.66. The Hall–Kier alpha value is -0.0800. The topological polar surface area (TPSA) is 40.5 Å². The summed E-state index contributed by atoms with van der Waals surface area (Å²) in [7, 11) is 0. The zero-order chi connectivity index (χ0) is 7.98. The summed E-state index contributed by atoms with van der Waals surface area (Å²) in [4.78, 5) is 0. The molecule has 0 aromatic carbocycles. The minimum Gasteiger partial charge on any atom is -0.396 e. The molecule has 2 nitrogen and oxygen atoms in total. The van der Waals surface area contributed by atoms with Crippen molar-refractivity contribution < 1.29 is 10.2 Å². The Morgan fingerprint density at radius 2 is 1.20 bits per heavy atom. The smallest absolute Gasteiger partial charge is 0.0456 e. The lowest BCUT2D eigenvalue weighted by Crippen LogP contribution is -2.06. The molecule has 0 saturated heterocycles. The highest BCUT2D eigenvalue weighted by molar-refractivity contribution is 4.55. The summed E-state index contributed by atoms with van der Waals surface area (Å²) in [5.74, 6) is 0.767. The van der Waals surface area contributed by atoms with Gasteiger partial charge in [-0.15, -0.1) is 0 Å². The molecule has 0 spiro atoms. The van der Waals surface area contributed by atoms with Gasteiger partial charge in [0.25, 0.3) is 0 Å². The predicted molar refractivity (Wildman–Crippen MR) is 41.7 cm³/mol. The largest absolute Gasteiger partial charge is 0.396 e. The van der Waals surface area contributed by atoms with Crippen LogP contribution in [0.2, 0.25) is 0 Å². The number of rotatable bonds is 5. The van der Waals surface area contributed by atoms with Gasteiger partial charge in [-0.05, 0) is 24.7 Å². The number of hydrogen-bond donors (Lipinski definition) is 2. The van der Waals surface area contributed by atoms with Crippen molar-refractivity contribution in [2.75, 3.05) is 13.2 Å². The van der Waals surface area contributed by atoms with Crippen LogP contribution in [0.5, 0.6) is 0 Å². The fourth-order valence-electron chi connectivity index (χ4n) is 0.752. The van der Waals surface area contributed by atoms with Crippen molar-refractivity contribution >= 4 is 0 Å². The van der Waals surface area contributed by atoms with Crippen LogP contribution in [0, 0.1) is 11.8 Å². The van der Waals surface area contributed by atoms with E-state index >= 15 is 0 Å². The first-order chi connectivity index (χ1) is 4.70. The van der Waals surface area contributed by atoms with Gasteiger partial charge in [0.2, 0.25) is 0 Å². The van der Waals surface area contributed by atoms with E-state index in [9.17, 15) is 0 Å². The van der Waals surface area contributed by atoms with Crippen LogP contribution in [0.4, 0.5) is 0 Å². The van der Waals surface area contributed by atoms with E-state index < -0.39 is 0 Å². The van der Waals surface area contributed by atoms with Crippen LogP contribution in [-0.4, -0.2) is 23.4 Å². The molecule has 0 amide bonds. The maximum atomic E-state index is 8.66. The van der Waals surface area contributed by atoms with Crippen LogP contribution in [0.3, 0.4) is 0 Å². The third kappa shape index (κ3) is 4.77. The van der Waals surface area contributed by atoms with Gasteiger partial charge in [-0.2, -0.15) is 0 Å². The third-order valence-corrected chi connectivity index (χ3v) is 1.78. The minimum atomic E-state index is 0.262. The lowest BCUT2D eigenvalue weighted by atomic mass is 9.99. The first-order valence-corrected chi connectivity index (χ1v) is 3.92. The zero-order valence-corrected chi connectivity index (χ0v) is 6.88. The highest BCUT2D eigenvalue weighted by atomic mass is 16.3. The second kappa shape index (κ2) is 5.69. The molecule has 0 aliphatic carbocycles. The number of hydrogen-bond acceptors (Lipinski definition) is 2. The van der Waals surface area contributed by atoms with Gasteiger partial charge in [0.1, 0.15) is 0 Å². The van der Waals surface area contributed by atoms with E-state index in [2.05, 4.69) is 0 Å². The van der Waals surface area contributed by atoms with Gasteiger partial charge >= 0.3 is 0 Å². The molecular formula is C8H18O2. The fraction of sp³-hybridized carbons (Fsp3) is 1.00. The molecule has 0 aliphatic heterocycles. The molecule has 10 heavy (non-hydrogen) atoms. The van der Waals surface area contributed by atoms with Crippen molar-refractivity contribution in [2.45, 2.75) is 26.7 Å². The fourth-order valence-corrected chi connectivity index (χ4v) is 0.752. The van der Waals surface area contributed by atoms with Gasteiger partial charge < -0.3 is 10.2 Å². The summed E-state index contributed by atoms with van der Waals surface area (Å²) >= 11 is 0. The van der Waals surface area contributed by atoms with Crippen molar-refractivity contribution in [3.05, 3.63) is 0 Å². The third-order valence-electron chi connectivity index (χ3n) is 1.78. The van der Waals surface area contributed by atoms with Crippen LogP contribution in [0.15, 0.2) is 0 Å². The summed E-state index contributed by atoms with van der Waals surface area (Å²) in [6.45, 7) is 4.56. The second-order valence-electron chi connectivity index (χ2n) is 3.15. The Balaban J connectivity index is 3.17. The molecule has 0 heterocycles. The van der Waals surface area contributed by atoms with Crippen LogP contribution >= 0.6 is 0 Å². The Morgan fingerprint density at radius 1 is 0.900 bits per heavy atom. The second-order valence-corrected chi connectivity index (χ2v) is 3.15. The van der Waals surface area contributed by atoms with Gasteiger partial charge in [-0.25, -0.2) is 0 Å². The first kappa shape index (κ1) is 9.92. The molecule has 2 heteroatoms. The van der Waals surface area contributed by atoms with Crippen molar-refractivity contribution in [1.82, 2.24) is 0 Å². The Kier molecular flexibility index (Phi) is 5.64. The van der Waals surface area contributed by atoms with Crippen molar-refractivity contribution in [1.29, 1.82) is 0 Å². The summed E-state index contributed by atoms with van der Waals surface area (Å²) in [6.07, 6.45) is 2.02. The molecule has 0 aromatic heterocycles. The lowest BCUT2D eigenvalue weighted by molar-refractivity contribution is 0.197. The zero-order valence-electron chi connectivity index (χ0n) is 6.88. The Labute approximate surface area is 62.9 Å². The van der Waals surface area contributed by atoms with Gasteiger partial charge in [0, 0.05) is 13.2 Å². The first-order valence-electron chi connectivity index (χ1n) is 3.92. The monoisotopic (exact) mass is 146 g/mol. The molecule has 0 radical (unpaired) electrons. The number of aliphatic hydroxyl groups excluding tert-OH is 2. The molecule has 2 N–H and O–H groups in total. The van der Waals surface area contributed by atoms with Crippen molar-refractivity contribution in [3.63, 3.8) is 0 Å². The molecular weight excluding hydrogens is 128 g/mol. The Morgan fingerprint density at radius 3 is 1.40 bits per heavy atom. The predicted octanol–water partition coefficient (Wildman–Crippen LogP) is 1.02. The van der Waals surface area contributed by atoms with Gasteiger partial charge in [-0.1, -0.05) is 13.8 Å². The standard InChI is InChI=1S/C8H18O2/c1-7(5-9)3-4-8(2)6-10/h7-10H,3-6H2,1-2H3/t7-,8+. The number of aliphatic hydroxyl groups is 2. The molecule has 0 unspecified atom stereocenters. The molecule has 0 bridgehead atoms. The van der Waals surface area contributed by atoms with Gasteiger partial charge in [-0.3, -0.25) is 0 Å². The molecule has 2 atom stereocenters. The van der Waals surface area contributed by atoms with E-state index in [0.717, 1.165) is 12.8 Å². The molecule has 62 valence electrons. The van der Waals surface area contributed by atoms with E-state index in [4.69, 9.17) is 10.2 Å². The van der Waals surface area contributed by atoms with E-state index in [1.54, 1.807) is 0 Å². The maximum Gasteiger partial charge on any atom is 0.0456 e. The van der Waals surface area contributed by atoms with E-state index in [1.165, 1.54) is 0 Å². The minimum absolute atomic E-state index is 0.262. The normalized spacial score (nSPS) is 16.8. The van der Waals surface area contributed by atoms with Crippen LogP contribution in [0.1, 0.15) is 26.7 Å². The molecule has 0 saturated carbocycles. The Bertz CT molecular complexity index is 63.7. The van der Waals surface area contributed by atoms with E-state index in [-0.39, 0.29) is 13.2 Å². The molecule has 0 rings (SSSR count). The van der Waals surface area contributed by atoms with Crippen LogP contribution in [0.25, 0.3) is 0 Å². The van der Waals surface area contributed by atoms with Crippen molar-refractivity contribution in [2.24, 2.45) is 11.8 Å². The SMILES string of the molecule is C[C@H](CO)CC[C@@H](C)CO. The van der Waals surface area contributed by atoms with E-state index in [1.807, 2.05) is 13.8 Å². The average molecular weight is 146 g/mol. The summed E-state index contributed by atoms with van der Waals surface area (Å²) in [5, 5.41) is 17.3. The van der Waals surface area contributed by atoms with Crippen LogP contribution < -0.4 is 0 Å². The van der Waals surface area contributed by atoms with Crippen LogP contribution in [-0.2, 0) is 0 Å². The molecule has 0 fully saturated rings.